The third-order valence-corrected chi connectivity index (χ3v) is 3.15. The predicted molar refractivity (Wildman–Crippen MR) is 80.1 cm³/mol. The number of halogens is 1. The van der Waals surface area contributed by atoms with Gasteiger partial charge in [-0.2, -0.15) is 0 Å². The van der Waals surface area contributed by atoms with E-state index in [0.29, 0.717) is 5.56 Å². The first-order valence-corrected chi connectivity index (χ1v) is 6.53. The van der Waals surface area contributed by atoms with E-state index in [1.165, 1.54) is 12.1 Å². The van der Waals surface area contributed by atoms with Crippen LogP contribution in [0, 0.1) is 5.82 Å². The Kier molecular flexibility index (Phi) is 3.51. The average molecular weight is 280 g/mol. The Morgan fingerprint density at radius 2 is 1.57 bits per heavy atom. The maximum absolute atomic E-state index is 13.5. The molecule has 3 rings (SSSR count). The van der Waals surface area contributed by atoms with E-state index < -0.39 is 5.82 Å². The molecule has 1 heterocycles. The van der Waals surface area contributed by atoms with Crippen LogP contribution in [0.4, 0.5) is 10.1 Å². The summed E-state index contributed by atoms with van der Waals surface area (Å²) in [5.74, 6) is -0.783. The second-order valence-corrected chi connectivity index (χ2v) is 4.57. The van der Waals surface area contributed by atoms with Gasteiger partial charge < -0.3 is 9.88 Å². The number of nitrogens with zero attached hydrogens (tertiary/aromatic N) is 1. The van der Waals surface area contributed by atoms with Crippen LogP contribution in [0.15, 0.2) is 73.1 Å². The number of aromatic nitrogens is 1. The van der Waals surface area contributed by atoms with E-state index >= 15 is 0 Å². The highest BCUT2D eigenvalue weighted by atomic mass is 19.1. The Balaban J connectivity index is 1.78. The second kappa shape index (κ2) is 5.63. The van der Waals surface area contributed by atoms with Gasteiger partial charge >= 0.3 is 0 Å². The fourth-order valence-electron chi connectivity index (χ4n) is 2.05. The third-order valence-electron chi connectivity index (χ3n) is 3.15. The van der Waals surface area contributed by atoms with Crippen molar-refractivity contribution < 1.29 is 9.18 Å². The summed E-state index contributed by atoms with van der Waals surface area (Å²) < 4.78 is 15.4. The molecule has 0 bridgehead atoms. The van der Waals surface area contributed by atoms with Crippen LogP contribution in [-0.2, 0) is 0 Å². The lowest BCUT2D eigenvalue weighted by Crippen LogP contribution is -2.12. The van der Waals surface area contributed by atoms with Gasteiger partial charge in [0, 0.05) is 23.6 Å². The van der Waals surface area contributed by atoms with Gasteiger partial charge in [-0.25, -0.2) is 4.39 Å². The molecule has 3 nitrogen and oxygen atoms in total. The lowest BCUT2D eigenvalue weighted by molar-refractivity contribution is 0.102. The molecule has 0 aliphatic carbocycles. The molecule has 0 spiro atoms. The highest BCUT2D eigenvalue weighted by Gasteiger charge is 2.08. The summed E-state index contributed by atoms with van der Waals surface area (Å²) in [5, 5.41) is 2.56. The maximum Gasteiger partial charge on any atom is 0.255 e. The van der Waals surface area contributed by atoms with Crippen molar-refractivity contribution in [3.8, 4) is 5.69 Å². The maximum atomic E-state index is 13.5. The van der Waals surface area contributed by atoms with E-state index in [1.54, 1.807) is 24.3 Å². The summed E-state index contributed by atoms with van der Waals surface area (Å²) in [6, 6.07) is 17.1. The number of amides is 1. The Bertz CT molecular complexity index is 749. The molecular formula is C17H13FN2O. The molecule has 1 N–H and O–H groups in total. The fraction of sp³-hybridized carbons (Fsp3) is 0. The number of benzene rings is 2. The predicted octanol–water partition coefficient (Wildman–Crippen LogP) is 3.87. The molecule has 4 heteroatoms. The summed E-state index contributed by atoms with van der Waals surface area (Å²) in [5.41, 5.74) is 1.62. The van der Waals surface area contributed by atoms with Crippen LogP contribution in [0.3, 0.4) is 0 Å². The van der Waals surface area contributed by atoms with E-state index in [1.807, 2.05) is 41.2 Å². The molecule has 0 unspecified atom stereocenters. The van der Waals surface area contributed by atoms with Crippen molar-refractivity contribution in [3.05, 3.63) is 84.4 Å². The normalized spacial score (nSPS) is 10.3. The third kappa shape index (κ3) is 2.84. The topological polar surface area (TPSA) is 34.0 Å². The Morgan fingerprint density at radius 3 is 2.24 bits per heavy atom. The molecule has 1 aromatic heterocycles. The molecule has 0 aliphatic heterocycles. The van der Waals surface area contributed by atoms with Crippen molar-refractivity contribution in [2.24, 2.45) is 0 Å². The number of carbonyl (C=O) groups is 1. The largest absolute Gasteiger partial charge is 0.324 e. The molecule has 0 radical (unpaired) electrons. The molecule has 3 aromatic rings. The molecule has 21 heavy (non-hydrogen) atoms. The average Bonchev–Trinajstić information content (AvgIpc) is 3.04. The van der Waals surface area contributed by atoms with Gasteiger partial charge in [0.15, 0.2) is 0 Å². The smallest absolute Gasteiger partial charge is 0.255 e. The Hall–Kier alpha value is -2.88. The van der Waals surface area contributed by atoms with Gasteiger partial charge in [-0.1, -0.05) is 12.1 Å². The molecule has 0 fully saturated rings. The van der Waals surface area contributed by atoms with Gasteiger partial charge in [0.1, 0.15) is 5.82 Å². The number of carbonyl (C=O) groups excluding carboxylic acids is 1. The van der Waals surface area contributed by atoms with E-state index in [0.717, 1.165) is 5.69 Å². The molecule has 2 aromatic carbocycles. The Morgan fingerprint density at radius 1 is 0.905 bits per heavy atom. The number of anilines is 1. The lowest BCUT2D eigenvalue weighted by Gasteiger charge is -2.07. The zero-order valence-corrected chi connectivity index (χ0v) is 11.2. The van der Waals surface area contributed by atoms with Gasteiger partial charge in [-0.3, -0.25) is 4.79 Å². The minimum atomic E-state index is -0.449. The van der Waals surface area contributed by atoms with E-state index in [9.17, 15) is 9.18 Å². The first-order chi connectivity index (χ1) is 10.2. The monoisotopic (exact) mass is 280 g/mol. The van der Waals surface area contributed by atoms with Crippen LogP contribution in [0.5, 0.6) is 0 Å². The first-order valence-electron chi connectivity index (χ1n) is 6.53. The van der Waals surface area contributed by atoms with Crippen LogP contribution in [-0.4, -0.2) is 10.5 Å². The number of hydrogen-bond acceptors (Lipinski definition) is 1. The molecule has 0 atom stereocenters. The number of para-hydroxylation sites is 1. The van der Waals surface area contributed by atoms with Gasteiger partial charge in [0.25, 0.3) is 5.91 Å². The molecule has 1 amide bonds. The molecular weight excluding hydrogens is 267 g/mol. The van der Waals surface area contributed by atoms with Crippen LogP contribution in [0.2, 0.25) is 0 Å². The van der Waals surface area contributed by atoms with Crippen LogP contribution in [0.25, 0.3) is 5.69 Å². The molecule has 104 valence electrons. The minimum absolute atomic E-state index is 0.178. The Labute approximate surface area is 121 Å². The second-order valence-electron chi connectivity index (χ2n) is 4.57. The van der Waals surface area contributed by atoms with Crippen molar-refractivity contribution in [1.29, 1.82) is 0 Å². The number of nitrogens with one attached hydrogen (secondary N) is 1. The van der Waals surface area contributed by atoms with Crippen LogP contribution in [0.1, 0.15) is 10.4 Å². The highest BCUT2D eigenvalue weighted by Crippen LogP contribution is 2.15. The van der Waals surface area contributed by atoms with Gasteiger partial charge in [0.05, 0.1) is 5.69 Å². The van der Waals surface area contributed by atoms with Crippen molar-refractivity contribution in [1.82, 2.24) is 4.57 Å². The minimum Gasteiger partial charge on any atom is -0.324 e. The van der Waals surface area contributed by atoms with Crippen LogP contribution >= 0.6 is 0 Å². The van der Waals surface area contributed by atoms with Crippen molar-refractivity contribution in [2.75, 3.05) is 5.32 Å². The fourth-order valence-corrected chi connectivity index (χ4v) is 2.05. The SMILES string of the molecule is O=C(Nc1ccccc1F)c1ccc(-n2cccc2)cc1. The summed E-state index contributed by atoms with van der Waals surface area (Å²) in [4.78, 5) is 12.1. The summed E-state index contributed by atoms with van der Waals surface area (Å²) in [7, 11) is 0. The lowest BCUT2D eigenvalue weighted by atomic mass is 10.2. The molecule has 0 saturated heterocycles. The van der Waals surface area contributed by atoms with Gasteiger partial charge in [0.2, 0.25) is 0 Å². The number of hydrogen-bond donors (Lipinski definition) is 1. The first kappa shape index (κ1) is 13.1. The van der Waals surface area contributed by atoms with E-state index in [2.05, 4.69) is 5.32 Å². The summed E-state index contributed by atoms with van der Waals surface area (Å²) in [6.45, 7) is 0. The highest BCUT2D eigenvalue weighted by molar-refractivity contribution is 6.04. The molecule has 0 saturated carbocycles. The standard InChI is InChI=1S/C17H13FN2O/c18-15-5-1-2-6-16(15)19-17(21)13-7-9-14(10-8-13)20-11-3-4-12-20/h1-12H,(H,19,21). The zero-order valence-electron chi connectivity index (χ0n) is 11.2. The van der Waals surface area contributed by atoms with Crippen LogP contribution < -0.4 is 5.32 Å². The van der Waals surface area contributed by atoms with Crippen molar-refractivity contribution >= 4 is 11.6 Å². The summed E-state index contributed by atoms with van der Waals surface area (Å²) in [6.07, 6.45) is 3.85. The van der Waals surface area contributed by atoms with E-state index in [4.69, 9.17) is 0 Å². The zero-order chi connectivity index (χ0) is 14.7. The van der Waals surface area contributed by atoms with Crippen molar-refractivity contribution in [3.63, 3.8) is 0 Å². The number of rotatable bonds is 3. The van der Waals surface area contributed by atoms with Gasteiger partial charge in [-0.05, 0) is 48.5 Å². The van der Waals surface area contributed by atoms with Crippen molar-refractivity contribution in [2.45, 2.75) is 0 Å². The quantitative estimate of drug-likeness (QED) is 0.776. The summed E-state index contributed by atoms with van der Waals surface area (Å²) >= 11 is 0. The van der Waals surface area contributed by atoms with Gasteiger partial charge in [-0.15, -0.1) is 0 Å². The van der Waals surface area contributed by atoms with E-state index in [-0.39, 0.29) is 11.6 Å². The molecule has 0 aliphatic rings.